The zero-order chi connectivity index (χ0) is 20.4. The van der Waals surface area contributed by atoms with Gasteiger partial charge < -0.3 is 10.1 Å². The molecule has 0 aromatic heterocycles. The molecular formula is C18H20Cl2N2O4S. The highest BCUT2D eigenvalue weighted by Crippen LogP contribution is 2.31. The summed E-state index contributed by atoms with van der Waals surface area (Å²) in [6.07, 6.45) is 1.03. The van der Waals surface area contributed by atoms with E-state index in [4.69, 9.17) is 27.9 Å². The molecule has 0 saturated carbocycles. The number of carbonyl (C=O) groups is 1. The zero-order valence-electron chi connectivity index (χ0n) is 15.3. The fourth-order valence-corrected chi connectivity index (χ4v) is 4.25. The largest absolute Gasteiger partial charge is 0.495 e. The normalized spacial score (nSPS) is 12.4. The van der Waals surface area contributed by atoms with E-state index in [9.17, 15) is 13.2 Å². The molecule has 0 fully saturated rings. The van der Waals surface area contributed by atoms with E-state index in [0.717, 1.165) is 16.1 Å². The van der Waals surface area contributed by atoms with Crippen LogP contribution in [0.2, 0.25) is 10.0 Å². The second-order valence-electron chi connectivity index (χ2n) is 6.00. The van der Waals surface area contributed by atoms with Gasteiger partial charge in [-0.2, -0.15) is 0 Å². The molecule has 27 heavy (non-hydrogen) atoms. The van der Waals surface area contributed by atoms with Crippen LogP contribution in [0.25, 0.3) is 0 Å². The first-order valence-corrected chi connectivity index (χ1v) is 10.5. The molecule has 1 N–H and O–H groups in total. The molecule has 2 aromatic rings. The van der Waals surface area contributed by atoms with Crippen LogP contribution in [0.1, 0.15) is 12.5 Å². The smallest absolute Gasteiger partial charge is 0.248 e. The van der Waals surface area contributed by atoms with Crippen LogP contribution in [-0.4, -0.2) is 33.7 Å². The first-order chi connectivity index (χ1) is 12.5. The molecule has 0 radical (unpaired) electrons. The lowest BCUT2D eigenvalue weighted by Gasteiger charge is -2.28. The molecule has 0 bridgehead atoms. The fourth-order valence-electron chi connectivity index (χ4n) is 2.61. The minimum Gasteiger partial charge on any atom is -0.495 e. The van der Waals surface area contributed by atoms with Gasteiger partial charge in [0.1, 0.15) is 11.8 Å². The van der Waals surface area contributed by atoms with Crippen molar-refractivity contribution in [3.05, 3.63) is 52.0 Å². The number of hydrogen-bond donors (Lipinski definition) is 1. The van der Waals surface area contributed by atoms with Gasteiger partial charge in [-0.1, -0.05) is 23.2 Å². The van der Waals surface area contributed by atoms with Gasteiger partial charge in [0.2, 0.25) is 15.9 Å². The van der Waals surface area contributed by atoms with Crippen LogP contribution >= 0.6 is 23.2 Å². The molecule has 0 spiro atoms. The third-order valence-corrected chi connectivity index (χ3v) is 5.70. The number of benzene rings is 2. The summed E-state index contributed by atoms with van der Waals surface area (Å²) in [6, 6.07) is 8.52. The maximum Gasteiger partial charge on any atom is 0.248 e. The SMILES string of the molecule is COc1ccc(N([C@H](C)C(=O)Nc2ccc(Cl)cc2C)S(C)(=O)=O)cc1Cl. The molecule has 6 nitrogen and oxygen atoms in total. The molecule has 0 aliphatic rings. The van der Waals surface area contributed by atoms with E-state index in [1.54, 1.807) is 31.2 Å². The number of amides is 1. The number of aryl methyl sites for hydroxylation is 1. The Hall–Kier alpha value is -1.96. The standard InChI is InChI=1S/C18H20Cl2N2O4S/c1-11-9-13(19)5-7-16(11)21-18(23)12(2)22(27(4,24)25)14-6-8-17(26-3)15(20)10-14/h5-10,12H,1-4H3,(H,21,23)/t12-/m1/s1. The number of ether oxygens (including phenoxy) is 1. The van der Waals surface area contributed by atoms with Gasteiger partial charge in [-0.25, -0.2) is 8.42 Å². The molecule has 0 heterocycles. The lowest BCUT2D eigenvalue weighted by molar-refractivity contribution is -0.116. The van der Waals surface area contributed by atoms with Crippen LogP contribution in [-0.2, 0) is 14.8 Å². The van der Waals surface area contributed by atoms with Crippen LogP contribution in [0.4, 0.5) is 11.4 Å². The van der Waals surface area contributed by atoms with Crippen molar-refractivity contribution < 1.29 is 17.9 Å². The van der Waals surface area contributed by atoms with Gasteiger partial charge in [-0.05, 0) is 55.8 Å². The molecule has 0 unspecified atom stereocenters. The Morgan fingerprint density at radius 1 is 1.19 bits per heavy atom. The van der Waals surface area contributed by atoms with Crippen molar-refractivity contribution in [3.8, 4) is 5.75 Å². The summed E-state index contributed by atoms with van der Waals surface area (Å²) in [5, 5.41) is 3.52. The lowest BCUT2D eigenvalue weighted by atomic mass is 10.2. The summed E-state index contributed by atoms with van der Waals surface area (Å²) in [4.78, 5) is 12.7. The van der Waals surface area contributed by atoms with Gasteiger partial charge >= 0.3 is 0 Å². The molecule has 0 saturated heterocycles. The first-order valence-electron chi connectivity index (χ1n) is 7.94. The number of methoxy groups -OCH3 is 1. The number of rotatable bonds is 6. The summed E-state index contributed by atoms with van der Waals surface area (Å²) < 4.78 is 30.8. The highest BCUT2D eigenvalue weighted by Gasteiger charge is 2.30. The summed E-state index contributed by atoms with van der Waals surface area (Å²) in [7, 11) is -2.30. The number of hydrogen-bond acceptors (Lipinski definition) is 4. The summed E-state index contributed by atoms with van der Waals surface area (Å²) in [6.45, 7) is 3.30. The second-order valence-corrected chi connectivity index (χ2v) is 8.71. The molecule has 0 aliphatic heterocycles. The Kier molecular flexibility index (Phi) is 6.62. The topological polar surface area (TPSA) is 75.7 Å². The van der Waals surface area contributed by atoms with Gasteiger partial charge in [-0.15, -0.1) is 0 Å². The third kappa shape index (κ3) is 5.06. The Balaban J connectivity index is 2.36. The van der Waals surface area contributed by atoms with Gasteiger partial charge in [0.05, 0.1) is 24.1 Å². The second kappa shape index (κ2) is 8.37. The zero-order valence-corrected chi connectivity index (χ0v) is 17.6. The Morgan fingerprint density at radius 3 is 2.37 bits per heavy atom. The van der Waals surface area contributed by atoms with E-state index < -0.39 is 22.0 Å². The van der Waals surface area contributed by atoms with Crippen molar-refractivity contribution in [1.82, 2.24) is 0 Å². The summed E-state index contributed by atoms with van der Waals surface area (Å²) in [5.41, 5.74) is 1.58. The Labute approximate surface area is 169 Å². The maximum atomic E-state index is 12.7. The number of anilines is 2. The van der Waals surface area contributed by atoms with E-state index in [1.807, 2.05) is 0 Å². The monoisotopic (exact) mass is 430 g/mol. The van der Waals surface area contributed by atoms with Gasteiger partial charge in [0.15, 0.2) is 0 Å². The van der Waals surface area contributed by atoms with Crippen molar-refractivity contribution in [2.45, 2.75) is 19.9 Å². The van der Waals surface area contributed by atoms with Crippen LogP contribution < -0.4 is 14.4 Å². The van der Waals surface area contributed by atoms with Crippen LogP contribution in [0, 0.1) is 6.92 Å². The van der Waals surface area contributed by atoms with Gasteiger partial charge in [-0.3, -0.25) is 9.10 Å². The lowest BCUT2D eigenvalue weighted by Crippen LogP contribution is -2.45. The number of sulfonamides is 1. The minimum atomic E-state index is -3.76. The molecular weight excluding hydrogens is 411 g/mol. The van der Waals surface area contributed by atoms with Gasteiger partial charge in [0.25, 0.3) is 0 Å². The predicted molar refractivity (Wildman–Crippen MR) is 110 cm³/mol. The molecule has 1 amide bonds. The van der Waals surface area contributed by atoms with Gasteiger partial charge in [0, 0.05) is 10.7 Å². The molecule has 2 aromatic carbocycles. The average Bonchev–Trinajstić information content (AvgIpc) is 2.56. The van der Waals surface area contributed by atoms with Crippen LogP contribution in [0.15, 0.2) is 36.4 Å². The van der Waals surface area contributed by atoms with E-state index in [2.05, 4.69) is 5.32 Å². The van der Waals surface area contributed by atoms with E-state index in [0.29, 0.717) is 16.5 Å². The molecule has 1 atom stereocenters. The van der Waals surface area contributed by atoms with Crippen molar-refractivity contribution in [1.29, 1.82) is 0 Å². The Morgan fingerprint density at radius 2 is 1.85 bits per heavy atom. The first kappa shape index (κ1) is 21.3. The van der Waals surface area contributed by atoms with E-state index in [-0.39, 0.29) is 10.7 Å². The van der Waals surface area contributed by atoms with Crippen molar-refractivity contribution in [3.63, 3.8) is 0 Å². The number of nitrogens with one attached hydrogen (secondary N) is 1. The summed E-state index contributed by atoms with van der Waals surface area (Å²) >= 11 is 12.0. The average molecular weight is 431 g/mol. The number of carbonyl (C=O) groups excluding carboxylic acids is 1. The molecule has 0 aliphatic carbocycles. The molecule has 2 rings (SSSR count). The van der Waals surface area contributed by atoms with Crippen molar-refractivity contribution in [2.24, 2.45) is 0 Å². The molecule has 146 valence electrons. The maximum absolute atomic E-state index is 12.7. The van der Waals surface area contributed by atoms with Crippen molar-refractivity contribution in [2.75, 3.05) is 23.0 Å². The van der Waals surface area contributed by atoms with Crippen LogP contribution in [0.3, 0.4) is 0 Å². The molecule has 9 heteroatoms. The highest BCUT2D eigenvalue weighted by molar-refractivity contribution is 7.92. The van der Waals surface area contributed by atoms with E-state index in [1.165, 1.54) is 26.2 Å². The van der Waals surface area contributed by atoms with Crippen molar-refractivity contribution >= 4 is 50.5 Å². The highest BCUT2D eigenvalue weighted by atomic mass is 35.5. The predicted octanol–water partition coefficient (Wildman–Crippen LogP) is 4.10. The third-order valence-electron chi connectivity index (χ3n) is 3.92. The fraction of sp³-hybridized carbons (Fsp3) is 0.278. The number of nitrogens with zero attached hydrogens (tertiary/aromatic N) is 1. The Bertz CT molecular complexity index is 964. The van der Waals surface area contributed by atoms with E-state index >= 15 is 0 Å². The minimum absolute atomic E-state index is 0.241. The summed E-state index contributed by atoms with van der Waals surface area (Å²) in [5.74, 6) is -0.0828. The number of halogens is 2. The van der Waals surface area contributed by atoms with Crippen LogP contribution in [0.5, 0.6) is 5.75 Å². The quantitative estimate of drug-likeness (QED) is 0.747.